The lowest BCUT2D eigenvalue weighted by Crippen LogP contribution is -2.46. The van der Waals surface area contributed by atoms with Gasteiger partial charge in [-0.05, 0) is 58.8 Å². The summed E-state index contributed by atoms with van der Waals surface area (Å²) in [5, 5.41) is 3.02. The lowest BCUT2D eigenvalue weighted by atomic mass is 9.77. The van der Waals surface area contributed by atoms with Crippen LogP contribution in [0.4, 0.5) is 0 Å². The molecule has 2 aliphatic carbocycles. The Bertz CT molecular complexity index is 430. The molecule has 146 valence electrons. The number of nitrogens with one attached hydrogen (secondary N) is 1. The number of rotatable bonds is 10. The highest BCUT2D eigenvalue weighted by molar-refractivity contribution is 5.82. The van der Waals surface area contributed by atoms with Crippen molar-refractivity contribution < 1.29 is 20.5 Å². The van der Waals surface area contributed by atoms with Gasteiger partial charge in [0.2, 0.25) is 5.91 Å². The first-order chi connectivity index (χ1) is 12.0. The van der Waals surface area contributed by atoms with Crippen LogP contribution >= 0.6 is 0 Å². The minimum absolute atomic E-state index is 0. The van der Waals surface area contributed by atoms with Gasteiger partial charge in [-0.1, -0.05) is 6.92 Å². The second-order valence-corrected chi connectivity index (χ2v) is 7.81. The molecule has 0 unspecified atom stereocenters. The van der Waals surface area contributed by atoms with Crippen molar-refractivity contribution in [3.63, 3.8) is 0 Å². The Morgan fingerprint density at radius 3 is 2.36 bits per heavy atom. The second-order valence-electron chi connectivity index (χ2n) is 7.81. The van der Waals surface area contributed by atoms with Gasteiger partial charge in [0.1, 0.15) is 5.78 Å². The Morgan fingerprint density at radius 2 is 1.76 bits per heavy atom. The molecule has 2 saturated carbocycles. The maximum Gasteiger partial charge on any atom is 0.220 e. The van der Waals surface area contributed by atoms with Crippen molar-refractivity contribution in [1.82, 2.24) is 5.32 Å². The molecule has 2 fully saturated rings. The number of ether oxygens (including phenoxy) is 2. The zero-order chi connectivity index (χ0) is 18.2. The molecular formula is C20H37NO4. The van der Waals surface area contributed by atoms with Crippen molar-refractivity contribution in [3.05, 3.63) is 0 Å². The van der Waals surface area contributed by atoms with Gasteiger partial charge in [0.05, 0.1) is 18.3 Å². The van der Waals surface area contributed by atoms with E-state index in [1.807, 2.05) is 6.92 Å². The standard InChI is InChI=1S/C20H35NO4.H2/c1-4-19(22)15-12-16(13-15)21-20(23)6-5-11-24-17-7-9-18(10-8-17)25-14(2)3;/h14-18H,4-13H2,1-3H3,(H,21,23);1H. The molecule has 5 nitrogen and oxygen atoms in total. The first kappa shape index (κ1) is 20.4. The van der Waals surface area contributed by atoms with Gasteiger partial charge >= 0.3 is 0 Å². The van der Waals surface area contributed by atoms with Crippen LogP contribution in [0.1, 0.15) is 80.0 Å². The molecule has 0 saturated heterocycles. The summed E-state index contributed by atoms with van der Waals surface area (Å²) in [7, 11) is 0. The molecule has 0 aromatic carbocycles. The lowest BCUT2D eigenvalue weighted by molar-refractivity contribution is -0.129. The fourth-order valence-electron chi connectivity index (χ4n) is 3.79. The largest absolute Gasteiger partial charge is 0.378 e. The van der Waals surface area contributed by atoms with Crippen molar-refractivity contribution in [2.24, 2.45) is 5.92 Å². The zero-order valence-electron chi connectivity index (χ0n) is 16.1. The highest BCUT2D eigenvalue weighted by Crippen LogP contribution is 2.29. The van der Waals surface area contributed by atoms with Crippen LogP contribution in [0.3, 0.4) is 0 Å². The fourth-order valence-corrected chi connectivity index (χ4v) is 3.79. The van der Waals surface area contributed by atoms with Crippen LogP contribution in [-0.4, -0.2) is 42.7 Å². The third-order valence-corrected chi connectivity index (χ3v) is 5.29. The smallest absolute Gasteiger partial charge is 0.220 e. The van der Waals surface area contributed by atoms with E-state index in [9.17, 15) is 9.59 Å². The highest BCUT2D eigenvalue weighted by atomic mass is 16.5. The first-order valence-corrected chi connectivity index (χ1v) is 10.1. The fraction of sp³-hybridized carbons (Fsp3) is 0.900. The highest BCUT2D eigenvalue weighted by Gasteiger charge is 2.34. The topological polar surface area (TPSA) is 64.6 Å². The Morgan fingerprint density at radius 1 is 1.12 bits per heavy atom. The van der Waals surface area contributed by atoms with Gasteiger partial charge in [-0.25, -0.2) is 0 Å². The van der Waals surface area contributed by atoms with Crippen molar-refractivity contribution in [2.45, 2.75) is 103 Å². The molecule has 0 heterocycles. The van der Waals surface area contributed by atoms with Crippen molar-refractivity contribution in [1.29, 1.82) is 0 Å². The molecule has 0 aliphatic heterocycles. The van der Waals surface area contributed by atoms with E-state index in [4.69, 9.17) is 9.47 Å². The van der Waals surface area contributed by atoms with E-state index in [0.29, 0.717) is 43.5 Å². The molecule has 25 heavy (non-hydrogen) atoms. The van der Waals surface area contributed by atoms with Crippen LogP contribution < -0.4 is 5.32 Å². The summed E-state index contributed by atoms with van der Waals surface area (Å²) in [4.78, 5) is 23.4. The lowest BCUT2D eigenvalue weighted by Gasteiger charge is -2.34. The van der Waals surface area contributed by atoms with E-state index in [0.717, 1.165) is 44.9 Å². The number of amides is 1. The number of carbonyl (C=O) groups is 2. The summed E-state index contributed by atoms with van der Waals surface area (Å²) in [6, 6.07) is 0.199. The number of carbonyl (C=O) groups excluding carboxylic acids is 2. The molecule has 0 spiro atoms. The summed E-state index contributed by atoms with van der Waals surface area (Å²) in [6.45, 7) is 6.71. The maximum atomic E-state index is 11.9. The predicted octanol–water partition coefficient (Wildman–Crippen LogP) is 3.64. The third-order valence-electron chi connectivity index (χ3n) is 5.29. The van der Waals surface area contributed by atoms with Crippen molar-refractivity contribution in [2.75, 3.05) is 6.61 Å². The zero-order valence-corrected chi connectivity index (χ0v) is 16.1. The summed E-state index contributed by atoms with van der Waals surface area (Å²) >= 11 is 0. The monoisotopic (exact) mass is 355 g/mol. The number of hydrogen-bond donors (Lipinski definition) is 1. The number of Topliss-reactive ketones (excluding diaryl/α,β-unsaturated/α-hetero) is 1. The molecular weight excluding hydrogens is 318 g/mol. The first-order valence-electron chi connectivity index (χ1n) is 10.1. The maximum absolute atomic E-state index is 11.9. The van der Waals surface area contributed by atoms with Crippen LogP contribution in [0.2, 0.25) is 0 Å². The molecule has 0 aromatic rings. The normalized spacial score (nSPS) is 29.3. The van der Waals surface area contributed by atoms with E-state index in [1.54, 1.807) is 0 Å². The predicted molar refractivity (Wildman–Crippen MR) is 99.5 cm³/mol. The Kier molecular flexibility index (Phi) is 8.37. The summed E-state index contributed by atoms with van der Waals surface area (Å²) < 4.78 is 11.8. The van der Waals surface area contributed by atoms with E-state index in [1.165, 1.54) is 0 Å². The van der Waals surface area contributed by atoms with Gasteiger partial charge in [0.25, 0.3) is 0 Å². The van der Waals surface area contributed by atoms with E-state index < -0.39 is 0 Å². The van der Waals surface area contributed by atoms with Crippen LogP contribution in [0, 0.1) is 5.92 Å². The Balaban J connectivity index is 0.00000338. The third kappa shape index (κ3) is 7.06. The van der Waals surface area contributed by atoms with Crippen LogP contribution in [0.15, 0.2) is 0 Å². The van der Waals surface area contributed by atoms with E-state index in [2.05, 4.69) is 19.2 Å². The Hall–Kier alpha value is -0.940. The molecule has 0 bridgehead atoms. The minimum Gasteiger partial charge on any atom is -0.378 e. The molecule has 0 radical (unpaired) electrons. The molecule has 0 atom stereocenters. The van der Waals surface area contributed by atoms with Gasteiger partial charge in [-0.15, -0.1) is 0 Å². The second kappa shape index (κ2) is 10.3. The quantitative estimate of drug-likeness (QED) is 0.608. The van der Waals surface area contributed by atoms with E-state index >= 15 is 0 Å². The van der Waals surface area contributed by atoms with Gasteiger partial charge in [0.15, 0.2) is 0 Å². The summed E-state index contributed by atoms with van der Waals surface area (Å²) in [6.07, 6.45) is 8.77. The molecule has 2 aliphatic rings. The minimum atomic E-state index is 0. The number of ketones is 1. The average molecular weight is 356 g/mol. The molecule has 1 N–H and O–H groups in total. The van der Waals surface area contributed by atoms with Gasteiger partial charge in [-0.3, -0.25) is 9.59 Å². The van der Waals surface area contributed by atoms with Crippen LogP contribution in [0.5, 0.6) is 0 Å². The van der Waals surface area contributed by atoms with Gasteiger partial charge in [0, 0.05) is 32.8 Å². The molecule has 1 amide bonds. The average Bonchev–Trinajstić information content (AvgIpc) is 2.55. The summed E-state index contributed by atoms with van der Waals surface area (Å²) in [5.74, 6) is 0.589. The van der Waals surface area contributed by atoms with E-state index in [-0.39, 0.29) is 19.3 Å². The summed E-state index contributed by atoms with van der Waals surface area (Å²) in [5.41, 5.74) is 0. The van der Waals surface area contributed by atoms with Crippen molar-refractivity contribution >= 4 is 11.7 Å². The Labute approximate surface area is 153 Å². The molecule has 0 aromatic heterocycles. The van der Waals surface area contributed by atoms with Gasteiger partial charge in [-0.2, -0.15) is 0 Å². The van der Waals surface area contributed by atoms with Crippen LogP contribution in [0.25, 0.3) is 0 Å². The molecule has 2 rings (SSSR count). The SMILES string of the molecule is CCC(=O)C1CC(NC(=O)CCCOC2CCC(OC(C)C)CC2)C1.[HH]. The number of hydrogen-bond acceptors (Lipinski definition) is 4. The van der Waals surface area contributed by atoms with Crippen LogP contribution in [-0.2, 0) is 19.1 Å². The van der Waals surface area contributed by atoms with Crippen molar-refractivity contribution in [3.8, 4) is 0 Å². The molecule has 5 heteroatoms. The van der Waals surface area contributed by atoms with Gasteiger partial charge < -0.3 is 14.8 Å².